The second-order valence-corrected chi connectivity index (χ2v) is 7.46. The van der Waals surface area contributed by atoms with E-state index in [0.29, 0.717) is 24.6 Å². The van der Waals surface area contributed by atoms with Crippen molar-refractivity contribution in [2.24, 2.45) is 4.99 Å². The average Bonchev–Trinajstić information content (AvgIpc) is 3.15. The minimum absolute atomic E-state index is 0. The molecule has 2 aromatic rings. The maximum Gasteiger partial charge on any atom is 0.251 e. The topological polar surface area (TPSA) is 65.5 Å². The Morgan fingerprint density at radius 1 is 1.19 bits per heavy atom. The van der Waals surface area contributed by atoms with Crippen LogP contribution in [0.1, 0.15) is 28.1 Å². The molecule has 0 aliphatic heterocycles. The van der Waals surface area contributed by atoms with Crippen LogP contribution >= 0.6 is 51.2 Å². The summed E-state index contributed by atoms with van der Waals surface area (Å²) in [7, 11) is 1.74. The first-order chi connectivity index (χ1) is 12.1. The maximum atomic E-state index is 12.1. The van der Waals surface area contributed by atoms with Crippen LogP contribution in [-0.4, -0.2) is 38.5 Å². The monoisotopic (exact) mass is 550 g/mol. The van der Waals surface area contributed by atoms with Crippen molar-refractivity contribution in [1.29, 1.82) is 0 Å². The Morgan fingerprint density at radius 3 is 2.62 bits per heavy atom. The summed E-state index contributed by atoms with van der Waals surface area (Å²) in [6.07, 6.45) is 0. The molecule has 26 heavy (non-hydrogen) atoms. The Morgan fingerprint density at radius 2 is 1.96 bits per heavy atom. The highest BCUT2D eigenvalue weighted by molar-refractivity contribution is 14.0. The lowest BCUT2D eigenvalue weighted by atomic mass is 10.1. The molecule has 0 radical (unpaired) electrons. The van der Waals surface area contributed by atoms with E-state index in [9.17, 15) is 4.79 Å². The Labute approximate surface area is 184 Å². The van der Waals surface area contributed by atoms with Gasteiger partial charge in [0.15, 0.2) is 5.96 Å². The predicted molar refractivity (Wildman–Crippen MR) is 124 cm³/mol. The standard InChI is InChI=1S/C18H23BrN4OS.HI/c1-13(16-7-4-10-25-16)12-23-18(20-2)22-9-8-21-17(24)14-5-3-6-15(19)11-14;/h3-7,10-11,13H,8-9,12H2,1-2H3,(H,21,24)(H2,20,22,23);1H. The Hall–Kier alpha value is -1.13. The van der Waals surface area contributed by atoms with Gasteiger partial charge in [0.1, 0.15) is 0 Å². The fraction of sp³-hybridized carbons (Fsp3) is 0.333. The van der Waals surface area contributed by atoms with Crippen LogP contribution in [0.4, 0.5) is 0 Å². The first-order valence-corrected chi connectivity index (χ1v) is 9.79. The zero-order chi connectivity index (χ0) is 18.1. The van der Waals surface area contributed by atoms with Crippen LogP contribution in [0.5, 0.6) is 0 Å². The summed E-state index contributed by atoms with van der Waals surface area (Å²) in [6.45, 7) is 4.12. The number of carbonyl (C=O) groups is 1. The lowest BCUT2D eigenvalue weighted by Gasteiger charge is -2.15. The third-order valence-electron chi connectivity index (χ3n) is 3.62. The first-order valence-electron chi connectivity index (χ1n) is 8.12. The van der Waals surface area contributed by atoms with E-state index in [-0.39, 0.29) is 29.9 Å². The minimum Gasteiger partial charge on any atom is -0.356 e. The van der Waals surface area contributed by atoms with Gasteiger partial charge in [-0.1, -0.05) is 35.0 Å². The molecule has 142 valence electrons. The number of amides is 1. The molecule has 8 heteroatoms. The molecule has 5 nitrogen and oxygen atoms in total. The zero-order valence-corrected chi connectivity index (χ0v) is 19.5. The van der Waals surface area contributed by atoms with E-state index in [2.05, 4.69) is 61.3 Å². The average molecular weight is 551 g/mol. The number of nitrogens with zero attached hydrogens (tertiary/aromatic N) is 1. The number of benzene rings is 1. The number of aliphatic imine (C=N–C) groups is 1. The summed E-state index contributed by atoms with van der Waals surface area (Å²) < 4.78 is 0.891. The van der Waals surface area contributed by atoms with Crippen LogP contribution in [0.15, 0.2) is 51.2 Å². The SMILES string of the molecule is CN=C(NCCNC(=O)c1cccc(Br)c1)NCC(C)c1cccs1.I. The van der Waals surface area contributed by atoms with Crippen molar-refractivity contribution in [2.75, 3.05) is 26.7 Å². The van der Waals surface area contributed by atoms with Gasteiger partial charge in [0.2, 0.25) is 0 Å². The van der Waals surface area contributed by atoms with Gasteiger partial charge in [0.05, 0.1) is 0 Å². The molecule has 1 heterocycles. The molecule has 3 N–H and O–H groups in total. The van der Waals surface area contributed by atoms with Crippen LogP contribution in [0, 0.1) is 0 Å². The fourth-order valence-corrected chi connectivity index (χ4v) is 3.42. The maximum absolute atomic E-state index is 12.1. The van der Waals surface area contributed by atoms with Crippen LogP contribution in [0.2, 0.25) is 0 Å². The molecule has 0 spiro atoms. The lowest BCUT2D eigenvalue weighted by Crippen LogP contribution is -2.42. The Bertz CT molecular complexity index is 709. The third-order valence-corrected chi connectivity index (χ3v) is 5.22. The second-order valence-electron chi connectivity index (χ2n) is 5.56. The highest BCUT2D eigenvalue weighted by Gasteiger charge is 2.08. The van der Waals surface area contributed by atoms with Gasteiger partial charge in [0, 0.05) is 47.5 Å². The van der Waals surface area contributed by atoms with Crippen LogP contribution in [0.25, 0.3) is 0 Å². The summed E-state index contributed by atoms with van der Waals surface area (Å²) in [6, 6.07) is 11.5. The molecule has 2 rings (SSSR count). The van der Waals surface area contributed by atoms with Gasteiger partial charge >= 0.3 is 0 Å². The smallest absolute Gasteiger partial charge is 0.251 e. The van der Waals surface area contributed by atoms with Crippen LogP contribution in [0.3, 0.4) is 0 Å². The number of guanidine groups is 1. The minimum atomic E-state index is -0.0858. The highest BCUT2D eigenvalue weighted by Crippen LogP contribution is 2.19. The quantitative estimate of drug-likeness (QED) is 0.212. The Kier molecular flexibility index (Phi) is 10.8. The van der Waals surface area contributed by atoms with E-state index in [1.165, 1.54) is 4.88 Å². The van der Waals surface area contributed by atoms with Crippen LogP contribution in [-0.2, 0) is 0 Å². The van der Waals surface area contributed by atoms with Crippen molar-refractivity contribution in [3.63, 3.8) is 0 Å². The predicted octanol–water partition coefficient (Wildman–Crippen LogP) is 3.83. The number of rotatable bonds is 7. The molecule has 0 fully saturated rings. The molecule has 0 saturated heterocycles. The van der Waals surface area contributed by atoms with Gasteiger partial charge in [0.25, 0.3) is 5.91 Å². The van der Waals surface area contributed by atoms with Gasteiger partial charge in [-0.3, -0.25) is 9.79 Å². The molecular formula is C18H24BrIN4OS. The summed E-state index contributed by atoms with van der Waals surface area (Å²) >= 11 is 5.13. The van der Waals surface area contributed by atoms with E-state index in [1.54, 1.807) is 30.5 Å². The number of nitrogens with one attached hydrogen (secondary N) is 3. The van der Waals surface area contributed by atoms with Crippen molar-refractivity contribution in [3.8, 4) is 0 Å². The molecule has 1 aromatic carbocycles. The van der Waals surface area contributed by atoms with E-state index in [4.69, 9.17) is 0 Å². The molecule has 1 amide bonds. The van der Waals surface area contributed by atoms with E-state index >= 15 is 0 Å². The zero-order valence-electron chi connectivity index (χ0n) is 14.8. The molecular weight excluding hydrogens is 527 g/mol. The normalized spacial score (nSPS) is 12.0. The fourth-order valence-electron chi connectivity index (χ4n) is 2.23. The molecule has 0 bridgehead atoms. The summed E-state index contributed by atoms with van der Waals surface area (Å²) in [5.41, 5.74) is 0.640. The first kappa shape index (κ1) is 22.9. The summed E-state index contributed by atoms with van der Waals surface area (Å²) in [5, 5.41) is 11.5. The van der Waals surface area contributed by atoms with Gasteiger partial charge in [-0.25, -0.2) is 0 Å². The van der Waals surface area contributed by atoms with Gasteiger partial charge in [-0.2, -0.15) is 0 Å². The van der Waals surface area contributed by atoms with Gasteiger partial charge in [-0.15, -0.1) is 35.3 Å². The van der Waals surface area contributed by atoms with Crippen molar-refractivity contribution in [3.05, 3.63) is 56.7 Å². The molecule has 1 unspecified atom stereocenters. The number of hydrogen-bond donors (Lipinski definition) is 3. The largest absolute Gasteiger partial charge is 0.356 e. The lowest BCUT2D eigenvalue weighted by molar-refractivity contribution is 0.0954. The second kappa shape index (κ2) is 12.3. The molecule has 0 aliphatic carbocycles. The van der Waals surface area contributed by atoms with Crippen molar-refractivity contribution < 1.29 is 4.79 Å². The van der Waals surface area contributed by atoms with Crippen molar-refractivity contribution in [2.45, 2.75) is 12.8 Å². The highest BCUT2D eigenvalue weighted by atomic mass is 127. The van der Waals surface area contributed by atoms with E-state index in [1.807, 2.05) is 12.1 Å². The van der Waals surface area contributed by atoms with Crippen molar-refractivity contribution >= 4 is 63.1 Å². The van der Waals surface area contributed by atoms with E-state index in [0.717, 1.165) is 17.0 Å². The summed E-state index contributed by atoms with van der Waals surface area (Å²) in [5.74, 6) is 1.08. The van der Waals surface area contributed by atoms with E-state index < -0.39 is 0 Å². The Balaban J connectivity index is 0.00000338. The van der Waals surface area contributed by atoms with Gasteiger partial charge < -0.3 is 16.0 Å². The van der Waals surface area contributed by atoms with Gasteiger partial charge in [-0.05, 0) is 29.6 Å². The molecule has 0 saturated carbocycles. The molecule has 1 aromatic heterocycles. The third kappa shape index (κ3) is 7.63. The number of halogens is 2. The number of hydrogen-bond acceptors (Lipinski definition) is 3. The summed E-state index contributed by atoms with van der Waals surface area (Å²) in [4.78, 5) is 17.6. The molecule has 1 atom stereocenters. The van der Waals surface area contributed by atoms with Crippen LogP contribution < -0.4 is 16.0 Å². The molecule has 0 aliphatic rings. The number of thiophene rings is 1. The van der Waals surface area contributed by atoms with Crippen molar-refractivity contribution in [1.82, 2.24) is 16.0 Å². The number of carbonyl (C=O) groups excluding carboxylic acids is 1.